The van der Waals surface area contributed by atoms with Crippen LogP contribution in [0.5, 0.6) is 5.75 Å². The number of likely N-dealkylation sites (tertiary alicyclic amines) is 1. The van der Waals surface area contributed by atoms with Gasteiger partial charge in [0.25, 0.3) is 5.91 Å². The van der Waals surface area contributed by atoms with Crippen molar-refractivity contribution in [2.45, 2.75) is 71.9 Å². The number of carbonyl (C=O) groups excluding carboxylic acids is 1. The van der Waals surface area contributed by atoms with Crippen LogP contribution < -0.4 is 10.1 Å². The van der Waals surface area contributed by atoms with Crippen molar-refractivity contribution in [3.8, 4) is 5.75 Å². The largest absolute Gasteiger partial charge is 0.497 e. The van der Waals surface area contributed by atoms with Crippen LogP contribution in [0.2, 0.25) is 0 Å². The number of nitrogens with zero attached hydrogens (tertiary/aromatic N) is 1. The van der Waals surface area contributed by atoms with Crippen LogP contribution in [0.3, 0.4) is 0 Å². The monoisotopic (exact) mass is 406 g/mol. The van der Waals surface area contributed by atoms with Crippen LogP contribution in [-0.2, 0) is 5.41 Å². The van der Waals surface area contributed by atoms with E-state index in [1.807, 2.05) is 12.1 Å². The first-order chi connectivity index (χ1) is 13.3. The van der Waals surface area contributed by atoms with Crippen LogP contribution in [-0.4, -0.2) is 49.8 Å². The number of methoxy groups -OCH3 is 1. The van der Waals surface area contributed by atoms with Crippen LogP contribution in [0.4, 0.5) is 4.39 Å². The van der Waals surface area contributed by atoms with Gasteiger partial charge in [0, 0.05) is 18.7 Å². The minimum Gasteiger partial charge on any atom is -0.497 e. The SMILES string of the molecule is COc1cc(C(=O)NCC2(F)CCN(CCC(C)(C)C)CC2)cc(C(C)(C)C)c1. The van der Waals surface area contributed by atoms with Gasteiger partial charge in [0.15, 0.2) is 0 Å². The molecular weight excluding hydrogens is 367 g/mol. The molecule has 4 nitrogen and oxygen atoms in total. The van der Waals surface area contributed by atoms with Crippen molar-refractivity contribution in [3.05, 3.63) is 29.3 Å². The minimum absolute atomic E-state index is 0.0566. The Labute approximate surface area is 176 Å². The van der Waals surface area contributed by atoms with Crippen molar-refractivity contribution in [2.24, 2.45) is 5.41 Å². The van der Waals surface area contributed by atoms with E-state index < -0.39 is 5.67 Å². The molecule has 1 N–H and O–H groups in total. The van der Waals surface area contributed by atoms with E-state index in [0.717, 1.165) is 31.6 Å². The second-order valence-corrected chi connectivity index (χ2v) is 10.7. The fourth-order valence-corrected chi connectivity index (χ4v) is 3.47. The molecule has 164 valence electrons. The Morgan fingerprint density at radius 3 is 2.28 bits per heavy atom. The maximum absolute atomic E-state index is 15.2. The van der Waals surface area contributed by atoms with Crippen LogP contribution in [0.1, 0.15) is 76.7 Å². The molecule has 0 aromatic heterocycles. The fourth-order valence-electron chi connectivity index (χ4n) is 3.47. The molecule has 1 aliphatic heterocycles. The van der Waals surface area contributed by atoms with Gasteiger partial charge in [0.1, 0.15) is 11.4 Å². The molecule has 1 saturated heterocycles. The Hall–Kier alpha value is -1.62. The molecule has 1 amide bonds. The summed E-state index contributed by atoms with van der Waals surface area (Å²) in [6.45, 7) is 15.5. The molecule has 0 saturated carbocycles. The fraction of sp³-hybridized carbons (Fsp3) is 0.708. The molecule has 2 rings (SSSR count). The standard InChI is InChI=1S/C24H39FN2O2/c1-22(2,3)8-11-27-12-9-24(25,10-13-27)17-26-21(28)18-14-19(23(4,5)6)16-20(15-18)29-7/h14-16H,8-13,17H2,1-7H3,(H,26,28). The quantitative estimate of drug-likeness (QED) is 0.726. The van der Waals surface area contributed by atoms with Gasteiger partial charge in [-0.2, -0.15) is 0 Å². The van der Waals surface area contributed by atoms with Crippen molar-refractivity contribution in [2.75, 3.05) is 33.3 Å². The number of halogens is 1. The number of hydrogen-bond donors (Lipinski definition) is 1. The smallest absolute Gasteiger partial charge is 0.251 e. The van der Waals surface area contributed by atoms with Crippen molar-refractivity contribution < 1.29 is 13.9 Å². The van der Waals surface area contributed by atoms with Gasteiger partial charge < -0.3 is 15.0 Å². The van der Waals surface area contributed by atoms with Gasteiger partial charge in [-0.1, -0.05) is 41.5 Å². The third-order valence-electron chi connectivity index (χ3n) is 5.77. The van der Waals surface area contributed by atoms with E-state index in [2.05, 4.69) is 51.8 Å². The molecule has 0 unspecified atom stereocenters. The van der Waals surface area contributed by atoms with E-state index in [4.69, 9.17) is 4.74 Å². The van der Waals surface area contributed by atoms with Gasteiger partial charge in [0.05, 0.1) is 13.7 Å². The summed E-state index contributed by atoms with van der Waals surface area (Å²) in [7, 11) is 1.59. The Bertz CT molecular complexity index is 696. The molecule has 1 heterocycles. The molecule has 1 fully saturated rings. The molecule has 0 spiro atoms. The molecule has 5 heteroatoms. The number of carbonyl (C=O) groups is 1. The zero-order valence-corrected chi connectivity index (χ0v) is 19.3. The van der Waals surface area contributed by atoms with Crippen molar-refractivity contribution in [1.82, 2.24) is 10.2 Å². The van der Waals surface area contributed by atoms with Gasteiger partial charge in [-0.05, 0) is 60.4 Å². The number of ether oxygens (including phenoxy) is 1. The Kier molecular flexibility index (Phi) is 7.37. The lowest BCUT2D eigenvalue weighted by Crippen LogP contribution is -2.48. The van der Waals surface area contributed by atoms with Crippen molar-refractivity contribution in [1.29, 1.82) is 0 Å². The first kappa shape index (κ1) is 23.7. The molecule has 29 heavy (non-hydrogen) atoms. The number of piperidine rings is 1. The second-order valence-electron chi connectivity index (χ2n) is 10.7. The summed E-state index contributed by atoms with van der Waals surface area (Å²) < 4.78 is 20.6. The predicted molar refractivity (Wildman–Crippen MR) is 118 cm³/mol. The van der Waals surface area contributed by atoms with Crippen LogP contribution in [0.15, 0.2) is 18.2 Å². The molecular formula is C24H39FN2O2. The molecule has 0 aliphatic carbocycles. The van der Waals surface area contributed by atoms with E-state index in [-0.39, 0.29) is 17.9 Å². The summed E-state index contributed by atoms with van der Waals surface area (Å²) in [5.41, 5.74) is 0.384. The molecule has 0 radical (unpaired) electrons. The van der Waals surface area contributed by atoms with Crippen LogP contribution >= 0.6 is 0 Å². The number of rotatable bonds is 6. The molecule has 1 aromatic rings. The van der Waals surface area contributed by atoms with Crippen molar-refractivity contribution >= 4 is 5.91 Å². The topological polar surface area (TPSA) is 41.6 Å². The highest BCUT2D eigenvalue weighted by atomic mass is 19.1. The molecule has 1 aromatic carbocycles. The Morgan fingerprint density at radius 2 is 1.76 bits per heavy atom. The van der Waals surface area contributed by atoms with E-state index in [1.165, 1.54) is 0 Å². The normalized spacial score (nSPS) is 17.8. The van der Waals surface area contributed by atoms with Gasteiger partial charge in [0.2, 0.25) is 0 Å². The van der Waals surface area contributed by atoms with Gasteiger partial charge >= 0.3 is 0 Å². The lowest BCUT2D eigenvalue weighted by atomic mass is 9.86. The zero-order chi connectivity index (χ0) is 21.9. The lowest BCUT2D eigenvalue weighted by Gasteiger charge is -2.37. The van der Waals surface area contributed by atoms with Gasteiger partial charge in [-0.15, -0.1) is 0 Å². The number of benzene rings is 1. The van der Waals surface area contributed by atoms with E-state index in [0.29, 0.717) is 29.6 Å². The Balaban J connectivity index is 1.94. The second kappa shape index (κ2) is 9.03. The van der Waals surface area contributed by atoms with Crippen LogP contribution in [0.25, 0.3) is 0 Å². The zero-order valence-electron chi connectivity index (χ0n) is 19.3. The average Bonchev–Trinajstić information content (AvgIpc) is 2.64. The third-order valence-corrected chi connectivity index (χ3v) is 5.77. The third kappa shape index (κ3) is 7.29. The first-order valence-electron chi connectivity index (χ1n) is 10.7. The number of nitrogens with one attached hydrogen (secondary N) is 1. The lowest BCUT2D eigenvalue weighted by molar-refractivity contribution is 0.0508. The maximum Gasteiger partial charge on any atom is 0.251 e. The van der Waals surface area contributed by atoms with E-state index >= 15 is 4.39 Å². The van der Waals surface area contributed by atoms with Gasteiger partial charge in [-0.3, -0.25) is 4.79 Å². The summed E-state index contributed by atoms with van der Waals surface area (Å²) in [6, 6.07) is 5.53. The summed E-state index contributed by atoms with van der Waals surface area (Å²) in [5, 5.41) is 2.82. The van der Waals surface area contributed by atoms with Crippen LogP contribution in [0, 0.1) is 5.41 Å². The van der Waals surface area contributed by atoms with Crippen molar-refractivity contribution in [3.63, 3.8) is 0 Å². The molecule has 1 aliphatic rings. The number of alkyl halides is 1. The first-order valence-corrected chi connectivity index (χ1v) is 10.7. The average molecular weight is 407 g/mol. The highest BCUT2D eigenvalue weighted by Gasteiger charge is 2.35. The predicted octanol–water partition coefficient (Wildman–Crippen LogP) is 4.96. The Morgan fingerprint density at radius 1 is 1.14 bits per heavy atom. The maximum atomic E-state index is 15.2. The van der Waals surface area contributed by atoms with E-state index in [1.54, 1.807) is 13.2 Å². The number of amides is 1. The summed E-state index contributed by atoms with van der Waals surface area (Å²) in [6.07, 6.45) is 2.03. The summed E-state index contributed by atoms with van der Waals surface area (Å²) in [5.74, 6) is 0.395. The molecule has 0 atom stereocenters. The summed E-state index contributed by atoms with van der Waals surface area (Å²) >= 11 is 0. The summed E-state index contributed by atoms with van der Waals surface area (Å²) in [4.78, 5) is 15.0. The minimum atomic E-state index is -1.33. The van der Waals surface area contributed by atoms with E-state index in [9.17, 15) is 4.79 Å². The molecule has 0 bridgehead atoms. The highest BCUT2D eigenvalue weighted by Crippen LogP contribution is 2.29. The van der Waals surface area contributed by atoms with Gasteiger partial charge in [-0.25, -0.2) is 4.39 Å². The highest BCUT2D eigenvalue weighted by molar-refractivity contribution is 5.95. The number of hydrogen-bond acceptors (Lipinski definition) is 3.